The average molecular weight is 319 g/mol. The number of carboxylic acid groups (broad SMARTS) is 1. The Morgan fingerprint density at radius 2 is 2.22 bits per heavy atom. The summed E-state index contributed by atoms with van der Waals surface area (Å²) < 4.78 is 19.5. The minimum absolute atomic E-state index is 0.0204. The predicted octanol–water partition coefficient (Wildman–Crippen LogP) is 1.74. The fraction of sp³-hybridized carbons (Fsp3) is 0.500. The van der Waals surface area contributed by atoms with Crippen molar-refractivity contribution in [3.8, 4) is 6.07 Å². The summed E-state index contributed by atoms with van der Waals surface area (Å²) in [6, 6.07) is 4.83. The van der Waals surface area contributed by atoms with Crippen molar-refractivity contribution >= 4 is 6.09 Å². The molecule has 0 radical (unpaired) electrons. The second-order valence-electron chi connectivity index (χ2n) is 6.00. The molecule has 0 unspecified atom stereocenters. The quantitative estimate of drug-likeness (QED) is 0.853. The summed E-state index contributed by atoms with van der Waals surface area (Å²) in [5.41, 5.74) is 1.60. The van der Waals surface area contributed by atoms with Crippen molar-refractivity contribution < 1.29 is 19.0 Å². The summed E-state index contributed by atoms with van der Waals surface area (Å²) in [6.45, 7) is 4.42. The predicted molar refractivity (Wildman–Crippen MR) is 79.5 cm³/mol. The largest absolute Gasteiger partial charge is 0.465 e. The first-order chi connectivity index (χ1) is 11.0. The Labute approximate surface area is 133 Å². The van der Waals surface area contributed by atoms with E-state index in [0.29, 0.717) is 32.8 Å². The molecule has 122 valence electrons. The van der Waals surface area contributed by atoms with Gasteiger partial charge in [0.05, 0.1) is 24.3 Å². The highest BCUT2D eigenvalue weighted by atomic mass is 19.1. The van der Waals surface area contributed by atoms with E-state index in [0.717, 1.165) is 11.1 Å². The van der Waals surface area contributed by atoms with Crippen LogP contribution in [-0.4, -0.2) is 59.8 Å². The second-order valence-corrected chi connectivity index (χ2v) is 6.00. The third-order valence-corrected chi connectivity index (χ3v) is 4.59. The molecule has 7 heteroatoms. The van der Waals surface area contributed by atoms with Crippen molar-refractivity contribution in [2.75, 3.05) is 32.8 Å². The molecule has 1 N–H and O–H groups in total. The zero-order valence-electron chi connectivity index (χ0n) is 12.8. The van der Waals surface area contributed by atoms with E-state index in [1.54, 1.807) is 13.0 Å². The van der Waals surface area contributed by atoms with Crippen molar-refractivity contribution in [1.29, 1.82) is 5.26 Å². The van der Waals surface area contributed by atoms with Crippen LogP contribution in [0.15, 0.2) is 12.1 Å². The van der Waals surface area contributed by atoms with E-state index in [9.17, 15) is 9.18 Å². The monoisotopic (exact) mass is 319 g/mol. The number of benzene rings is 1. The Morgan fingerprint density at radius 1 is 1.43 bits per heavy atom. The first-order valence-electron chi connectivity index (χ1n) is 7.53. The van der Waals surface area contributed by atoms with Crippen LogP contribution in [0, 0.1) is 24.1 Å². The molecule has 2 heterocycles. The molecule has 0 saturated carbocycles. The number of nitriles is 1. The Balaban J connectivity index is 1.76. The van der Waals surface area contributed by atoms with E-state index in [1.165, 1.54) is 11.0 Å². The van der Waals surface area contributed by atoms with Crippen LogP contribution in [0.4, 0.5) is 9.18 Å². The summed E-state index contributed by atoms with van der Waals surface area (Å²) in [6.07, 6.45) is -1.13. The van der Waals surface area contributed by atoms with Crippen molar-refractivity contribution in [3.63, 3.8) is 0 Å². The molecule has 2 fully saturated rings. The van der Waals surface area contributed by atoms with Crippen LogP contribution in [0.3, 0.4) is 0 Å². The van der Waals surface area contributed by atoms with E-state index in [2.05, 4.69) is 4.90 Å². The standard InChI is InChI=1S/C16H18FN3O3/c1-10-4-14(17)11(6-18)5-13(10)15-8-19-2-3-20(16(21)22)7-12(19)9-23-15/h4-5,12,15H,2-3,7-9H2,1H3,(H,21,22)/t12-,15+/m0/s1. The summed E-state index contributed by atoms with van der Waals surface area (Å²) in [4.78, 5) is 14.7. The Hall–Kier alpha value is -2.17. The van der Waals surface area contributed by atoms with Gasteiger partial charge in [-0.05, 0) is 30.2 Å². The van der Waals surface area contributed by atoms with Crippen LogP contribution >= 0.6 is 0 Å². The van der Waals surface area contributed by atoms with Crippen molar-refractivity contribution in [1.82, 2.24) is 9.80 Å². The van der Waals surface area contributed by atoms with Gasteiger partial charge < -0.3 is 14.7 Å². The van der Waals surface area contributed by atoms with Gasteiger partial charge in [0.15, 0.2) is 0 Å². The number of amides is 1. The molecule has 2 atom stereocenters. The highest BCUT2D eigenvalue weighted by molar-refractivity contribution is 5.65. The van der Waals surface area contributed by atoms with Gasteiger partial charge in [0.1, 0.15) is 11.9 Å². The number of rotatable bonds is 1. The third kappa shape index (κ3) is 3.00. The van der Waals surface area contributed by atoms with Crippen molar-refractivity contribution in [3.05, 3.63) is 34.6 Å². The zero-order valence-corrected chi connectivity index (χ0v) is 12.8. The lowest BCUT2D eigenvalue weighted by molar-refractivity contribution is -0.0868. The van der Waals surface area contributed by atoms with Gasteiger partial charge in [0.25, 0.3) is 0 Å². The molecule has 2 aliphatic rings. The maximum atomic E-state index is 13.7. The number of fused-ring (bicyclic) bond motifs is 1. The Kier molecular flexibility index (Phi) is 4.20. The van der Waals surface area contributed by atoms with Gasteiger partial charge in [0.2, 0.25) is 0 Å². The topological polar surface area (TPSA) is 76.8 Å². The Morgan fingerprint density at radius 3 is 2.91 bits per heavy atom. The third-order valence-electron chi connectivity index (χ3n) is 4.59. The number of hydrogen-bond acceptors (Lipinski definition) is 4. The van der Waals surface area contributed by atoms with E-state index >= 15 is 0 Å². The van der Waals surface area contributed by atoms with Crippen LogP contribution in [0.2, 0.25) is 0 Å². The number of morpholine rings is 1. The van der Waals surface area contributed by atoms with Crippen molar-refractivity contribution in [2.24, 2.45) is 0 Å². The number of ether oxygens (including phenoxy) is 1. The van der Waals surface area contributed by atoms with Crippen LogP contribution in [0.25, 0.3) is 0 Å². The number of nitrogens with zero attached hydrogens (tertiary/aromatic N) is 3. The maximum absolute atomic E-state index is 13.7. The fourth-order valence-corrected chi connectivity index (χ4v) is 3.27. The van der Waals surface area contributed by atoms with Crippen LogP contribution in [0.5, 0.6) is 0 Å². The van der Waals surface area contributed by atoms with E-state index in [1.807, 2.05) is 6.07 Å². The van der Waals surface area contributed by atoms with Crippen LogP contribution < -0.4 is 0 Å². The van der Waals surface area contributed by atoms with Gasteiger partial charge in [0, 0.05) is 26.2 Å². The maximum Gasteiger partial charge on any atom is 0.407 e. The second kappa shape index (κ2) is 6.14. The van der Waals surface area contributed by atoms with Crippen LogP contribution in [-0.2, 0) is 4.74 Å². The molecule has 0 aromatic heterocycles. The lowest BCUT2D eigenvalue weighted by Gasteiger charge is -2.45. The van der Waals surface area contributed by atoms with E-state index < -0.39 is 11.9 Å². The number of piperazine rings is 1. The summed E-state index contributed by atoms with van der Waals surface area (Å²) >= 11 is 0. The van der Waals surface area contributed by atoms with Gasteiger partial charge in [-0.3, -0.25) is 4.90 Å². The summed E-state index contributed by atoms with van der Waals surface area (Å²) in [5, 5.41) is 18.1. The first kappa shape index (κ1) is 15.7. The minimum Gasteiger partial charge on any atom is -0.465 e. The molecule has 1 amide bonds. The lowest BCUT2D eigenvalue weighted by atomic mass is 9.97. The van der Waals surface area contributed by atoms with Gasteiger partial charge in [-0.25, -0.2) is 9.18 Å². The van der Waals surface area contributed by atoms with Gasteiger partial charge >= 0.3 is 6.09 Å². The normalized spacial score (nSPS) is 24.8. The molecule has 2 saturated heterocycles. The van der Waals surface area contributed by atoms with E-state index in [4.69, 9.17) is 15.1 Å². The molecule has 6 nitrogen and oxygen atoms in total. The minimum atomic E-state index is -0.903. The highest BCUT2D eigenvalue weighted by Gasteiger charge is 2.36. The number of carbonyl (C=O) groups is 1. The molecule has 23 heavy (non-hydrogen) atoms. The molecular weight excluding hydrogens is 301 g/mol. The SMILES string of the molecule is Cc1cc(F)c(C#N)cc1[C@H]1CN2CCN(C(=O)O)C[C@H]2CO1. The molecule has 2 aliphatic heterocycles. The smallest absolute Gasteiger partial charge is 0.407 e. The molecule has 1 aromatic rings. The van der Waals surface area contributed by atoms with E-state index in [-0.39, 0.29) is 17.7 Å². The molecule has 0 bridgehead atoms. The van der Waals surface area contributed by atoms with Gasteiger partial charge in [-0.2, -0.15) is 5.26 Å². The number of hydrogen-bond donors (Lipinski definition) is 1. The molecule has 0 spiro atoms. The van der Waals surface area contributed by atoms with Gasteiger partial charge in [-0.1, -0.05) is 0 Å². The van der Waals surface area contributed by atoms with Crippen molar-refractivity contribution in [2.45, 2.75) is 19.1 Å². The van der Waals surface area contributed by atoms with Gasteiger partial charge in [-0.15, -0.1) is 0 Å². The zero-order chi connectivity index (χ0) is 16.6. The lowest BCUT2D eigenvalue weighted by Crippen LogP contribution is -2.59. The first-order valence-corrected chi connectivity index (χ1v) is 7.53. The molecule has 1 aromatic carbocycles. The highest BCUT2D eigenvalue weighted by Crippen LogP contribution is 2.30. The number of halogens is 1. The average Bonchev–Trinajstić information content (AvgIpc) is 2.54. The summed E-state index contributed by atoms with van der Waals surface area (Å²) in [7, 11) is 0. The molecule has 0 aliphatic carbocycles. The van der Waals surface area contributed by atoms with Crippen LogP contribution in [0.1, 0.15) is 22.8 Å². The number of aryl methyl sites for hydroxylation is 1. The summed E-state index contributed by atoms with van der Waals surface area (Å²) in [5.74, 6) is -0.516. The molecule has 3 rings (SSSR count). The Bertz CT molecular complexity index is 673. The fourth-order valence-electron chi connectivity index (χ4n) is 3.27. The molecular formula is C16H18FN3O3.